The molecule has 5 rings (SSSR count). The second kappa shape index (κ2) is 6.25. The maximum absolute atomic E-state index is 12.3. The first-order valence-corrected chi connectivity index (χ1v) is 9.37. The molecular formula is C21H22N4O. The maximum Gasteiger partial charge on any atom is 0.253 e. The van der Waals surface area contributed by atoms with Crippen LogP contribution >= 0.6 is 0 Å². The van der Waals surface area contributed by atoms with Gasteiger partial charge in [0.25, 0.3) is 5.91 Å². The highest BCUT2D eigenvalue weighted by Gasteiger charge is 2.22. The Bertz CT molecular complexity index is 970. The number of rotatable bonds is 5. The minimum atomic E-state index is -0.0158. The molecule has 0 bridgehead atoms. The smallest absolute Gasteiger partial charge is 0.253 e. The third-order valence-corrected chi connectivity index (χ3v) is 5.30. The predicted molar refractivity (Wildman–Crippen MR) is 102 cm³/mol. The van der Waals surface area contributed by atoms with E-state index < -0.39 is 0 Å². The molecule has 132 valence electrons. The Labute approximate surface area is 152 Å². The number of carbonyl (C=O) groups is 1. The molecule has 1 aliphatic carbocycles. The van der Waals surface area contributed by atoms with Gasteiger partial charge in [0.2, 0.25) is 0 Å². The standard InChI is InChI=1S/C21H22N4O/c26-21-17-2-1-3-18-19(17)25(11-10-23-21)20(24-18)16-8-6-15(7-9-16)13-22-12-14-4-5-14/h1-3,6-9,14,22H,4-5,10-13H2,(H,23,26). The lowest BCUT2D eigenvalue weighted by atomic mass is 10.1. The Kier molecular flexibility index (Phi) is 3.75. The van der Waals surface area contributed by atoms with Crippen LogP contribution in [0, 0.1) is 5.92 Å². The van der Waals surface area contributed by atoms with E-state index in [9.17, 15) is 4.79 Å². The van der Waals surface area contributed by atoms with Crippen LogP contribution < -0.4 is 10.6 Å². The van der Waals surface area contributed by atoms with Gasteiger partial charge in [-0.1, -0.05) is 30.3 Å². The van der Waals surface area contributed by atoms with E-state index in [2.05, 4.69) is 39.5 Å². The van der Waals surface area contributed by atoms with Gasteiger partial charge in [0.15, 0.2) is 0 Å². The highest BCUT2D eigenvalue weighted by atomic mass is 16.1. The zero-order chi connectivity index (χ0) is 17.5. The van der Waals surface area contributed by atoms with Crippen molar-refractivity contribution in [1.82, 2.24) is 20.2 Å². The number of benzene rings is 2. The molecule has 0 unspecified atom stereocenters. The molecule has 5 nitrogen and oxygen atoms in total. The van der Waals surface area contributed by atoms with Crippen LogP contribution in [0.1, 0.15) is 28.8 Å². The summed E-state index contributed by atoms with van der Waals surface area (Å²) < 4.78 is 2.17. The molecule has 2 heterocycles. The zero-order valence-corrected chi connectivity index (χ0v) is 14.7. The van der Waals surface area contributed by atoms with Crippen LogP contribution in [0.4, 0.5) is 0 Å². The number of amides is 1. The summed E-state index contributed by atoms with van der Waals surface area (Å²) in [4.78, 5) is 17.1. The molecule has 0 saturated heterocycles. The fourth-order valence-electron chi connectivity index (χ4n) is 3.70. The third kappa shape index (κ3) is 2.78. The van der Waals surface area contributed by atoms with E-state index in [1.807, 2.05) is 18.2 Å². The van der Waals surface area contributed by atoms with Gasteiger partial charge in [-0.2, -0.15) is 0 Å². The van der Waals surface area contributed by atoms with Crippen molar-refractivity contribution in [3.63, 3.8) is 0 Å². The molecule has 5 heteroatoms. The first-order chi connectivity index (χ1) is 12.8. The lowest BCUT2D eigenvalue weighted by molar-refractivity contribution is 0.0956. The molecule has 26 heavy (non-hydrogen) atoms. The number of hydrogen-bond acceptors (Lipinski definition) is 3. The lowest BCUT2D eigenvalue weighted by Gasteiger charge is -2.09. The van der Waals surface area contributed by atoms with Crippen molar-refractivity contribution >= 4 is 16.9 Å². The first-order valence-electron chi connectivity index (χ1n) is 9.37. The van der Waals surface area contributed by atoms with Crippen molar-refractivity contribution < 1.29 is 4.79 Å². The largest absolute Gasteiger partial charge is 0.350 e. The number of nitrogens with zero attached hydrogens (tertiary/aromatic N) is 2. The van der Waals surface area contributed by atoms with Crippen LogP contribution in [0.3, 0.4) is 0 Å². The summed E-state index contributed by atoms with van der Waals surface area (Å²) in [5.74, 6) is 1.81. The van der Waals surface area contributed by atoms with Gasteiger partial charge in [0, 0.05) is 25.2 Å². The van der Waals surface area contributed by atoms with Crippen molar-refractivity contribution in [1.29, 1.82) is 0 Å². The molecule has 0 radical (unpaired) electrons. The van der Waals surface area contributed by atoms with E-state index >= 15 is 0 Å². The van der Waals surface area contributed by atoms with Crippen LogP contribution in [-0.2, 0) is 13.1 Å². The van der Waals surface area contributed by atoms with Crippen molar-refractivity contribution in [3.8, 4) is 11.4 Å². The Morgan fingerprint density at radius 3 is 2.81 bits per heavy atom. The number of para-hydroxylation sites is 1. The van der Waals surface area contributed by atoms with E-state index in [0.29, 0.717) is 12.1 Å². The molecule has 3 aromatic rings. The summed E-state index contributed by atoms with van der Waals surface area (Å²) in [7, 11) is 0. The van der Waals surface area contributed by atoms with Crippen molar-refractivity contribution in [2.45, 2.75) is 25.9 Å². The highest BCUT2D eigenvalue weighted by Crippen LogP contribution is 2.29. The molecular weight excluding hydrogens is 324 g/mol. The highest BCUT2D eigenvalue weighted by molar-refractivity contribution is 6.06. The van der Waals surface area contributed by atoms with Gasteiger partial charge in [0.05, 0.1) is 16.6 Å². The average molecular weight is 346 g/mol. The van der Waals surface area contributed by atoms with E-state index in [1.165, 1.54) is 18.4 Å². The third-order valence-electron chi connectivity index (χ3n) is 5.30. The van der Waals surface area contributed by atoms with Crippen LogP contribution in [0.15, 0.2) is 42.5 Å². The Morgan fingerprint density at radius 2 is 2.00 bits per heavy atom. The normalized spacial score (nSPS) is 16.5. The van der Waals surface area contributed by atoms with Crippen LogP contribution in [0.5, 0.6) is 0 Å². The molecule has 1 aromatic heterocycles. The predicted octanol–water partition coefficient (Wildman–Crippen LogP) is 2.95. The minimum absolute atomic E-state index is 0.0158. The van der Waals surface area contributed by atoms with E-state index in [0.717, 1.165) is 48.0 Å². The van der Waals surface area contributed by atoms with Crippen LogP contribution in [-0.4, -0.2) is 28.5 Å². The maximum atomic E-state index is 12.3. The summed E-state index contributed by atoms with van der Waals surface area (Å²) in [6.45, 7) is 3.39. The molecule has 2 aliphatic rings. The molecule has 0 spiro atoms. The first kappa shape index (κ1) is 15.6. The summed E-state index contributed by atoms with van der Waals surface area (Å²) in [5.41, 5.74) is 4.91. The van der Waals surface area contributed by atoms with Gasteiger partial charge >= 0.3 is 0 Å². The minimum Gasteiger partial charge on any atom is -0.350 e. The van der Waals surface area contributed by atoms with Crippen LogP contribution in [0.25, 0.3) is 22.4 Å². The Hall–Kier alpha value is -2.66. The molecule has 1 aliphatic heterocycles. The summed E-state index contributed by atoms with van der Waals surface area (Å²) in [6.07, 6.45) is 2.75. The average Bonchev–Trinajstić information content (AvgIpc) is 3.43. The van der Waals surface area contributed by atoms with E-state index in [4.69, 9.17) is 4.98 Å². The fourth-order valence-corrected chi connectivity index (χ4v) is 3.70. The summed E-state index contributed by atoms with van der Waals surface area (Å²) in [6, 6.07) is 14.4. The number of carbonyl (C=O) groups excluding carboxylic acids is 1. The molecule has 1 amide bonds. The SMILES string of the molecule is O=C1NCCn2c(-c3ccc(CNCC4CC4)cc3)nc3cccc1c32. The number of imidazole rings is 1. The van der Waals surface area contributed by atoms with Crippen LogP contribution in [0.2, 0.25) is 0 Å². The lowest BCUT2D eigenvalue weighted by Crippen LogP contribution is -2.24. The molecule has 1 saturated carbocycles. The van der Waals surface area contributed by atoms with Gasteiger partial charge in [-0.05, 0) is 43.0 Å². The topological polar surface area (TPSA) is 59.0 Å². The second-order valence-corrected chi connectivity index (χ2v) is 7.29. The molecule has 2 aromatic carbocycles. The van der Waals surface area contributed by atoms with Crippen molar-refractivity contribution in [2.24, 2.45) is 5.92 Å². The van der Waals surface area contributed by atoms with E-state index in [-0.39, 0.29) is 5.91 Å². The monoisotopic (exact) mass is 346 g/mol. The molecule has 0 atom stereocenters. The van der Waals surface area contributed by atoms with E-state index in [1.54, 1.807) is 0 Å². The second-order valence-electron chi connectivity index (χ2n) is 7.29. The van der Waals surface area contributed by atoms with Gasteiger partial charge < -0.3 is 15.2 Å². The molecule has 1 fully saturated rings. The molecule has 2 N–H and O–H groups in total. The van der Waals surface area contributed by atoms with Crippen molar-refractivity contribution in [3.05, 3.63) is 53.6 Å². The van der Waals surface area contributed by atoms with Gasteiger partial charge in [-0.25, -0.2) is 4.98 Å². The Morgan fingerprint density at radius 1 is 1.15 bits per heavy atom. The Balaban J connectivity index is 1.47. The van der Waals surface area contributed by atoms with Gasteiger partial charge in [-0.3, -0.25) is 4.79 Å². The zero-order valence-electron chi connectivity index (χ0n) is 14.7. The number of hydrogen-bond donors (Lipinski definition) is 2. The quantitative estimate of drug-likeness (QED) is 0.747. The summed E-state index contributed by atoms with van der Waals surface area (Å²) in [5, 5.41) is 6.50. The van der Waals surface area contributed by atoms with Gasteiger partial charge in [-0.15, -0.1) is 0 Å². The summed E-state index contributed by atoms with van der Waals surface area (Å²) >= 11 is 0. The van der Waals surface area contributed by atoms with Gasteiger partial charge in [0.1, 0.15) is 5.82 Å². The fraction of sp³-hybridized carbons (Fsp3) is 0.333. The number of aromatic nitrogens is 2. The van der Waals surface area contributed by atoms with Crippen molar-refractivity contribution in [2.75, 3.05) is 13.1 Å². The number of nitrogens with one attached hydrogen (secondary N) is 2.